The number of hydrogen-bond acceptors (Lipinski definition) is 3. The van der Waals surface area contributed by atoms with Crippen molar-refractivity contribution in [2.75, 3.05) is 0 Å². The molecule has 0 atom stereocenters. The Hall–Kier alpha value is -1.61. The largest absolute Gasteiger partial charge is 0.411 e. The number of ketones is 1. The highest BCUT2D eigenvalue weighted by Gasteiger charge is 2.09. The van der Waals surface area contributed by atoms with Gasteiger partial charge in [-0.25, -0.2) is 0 Å². The molecule has 0 unspecified atom stereocenters. The first-order valence-electron chi connectivity index (χ1n) is 4.72. The lowest BCUT2D eigenvalue weighted by Crippen LogP contribution is -2.06. The average molecular weight is 238 g/mol. The van der Waals surface area contributed by atoms with Crippen molar-refractivity contribution in [2.24, 2.45) is 5.16 Å². The van der Waals surface area contributed by atoms with Crippen molar-refractivity contribution in [3.05, 3.63) is 40.4 Å². The van der Waals surface area contributed by atoms with Gasteiger partial charge in [-0.15, -0.1) is 0 Å². The number of hydrogen-bond donors (Lipinski definition) is 1. The Morgan fingerprint density at radius 1 is 1.38 bits per heavy atom. The highest BCUT2D eigenvalue weighted by molar-refractivity contribution is 6.32. The molecule has 1 aromatic carbocycles. The first-order valence-corrected chi connectivity index (χ1v) is 5.10. The van der Waals surface area contributed by atoms with E-state index in [0.717, 1.165) is 5.56 Å². The van der Waals surface area contributed by atoms with Crippen molar-refractivity contribution >= 4 is 29.2 Å². The molecule has 84 valence electrons. The second kappa shape index (κ2) is 5.47. The van der Waals surface area contributed by atoms with E-state index in [1.165, 1.54) is 6.92 Å². The summed E-state index contributed by atoms with van der Waals surface area (Å²) in [7, 11) is 0. The Morgan fingerprint density at radius 2 is 2.00 bits per heavy atom. The molecule has 0 spiro atoms. The summed E-state index contributed by atoms with van der Waals surface area (Å²) in [5.74, 6) is -0.171. The maximum absolute atomic E-state index is 11.4. The Balaban J connectivity index is 3.24. The minimum Gasteiger partial charge on any atom is -0.411 e. The molecule has 0 aromatic heterocycles. The molecule has 0 saturated carbocycles. The second-order valence-corrected chi connectivity index (χ2v) is 3.73. The van der Waals surface area contributed by atoms with Gasteiger partial charge in [0.25, 0.3) is 0 Å². The van der Waals surface area contributed by atoms with Crippen LogP contribution in [0.2, 0.25) is 5.02 Å². The maximum Gasteiger partial charge on any atom is 0.161 e. The Kier molecular flexibility index (Phi) is 4.26. The average Bonchev–Trinajstić information content (AvgIpc) is 2.26. The molecule has 0 radical (unpaired) electrons. The van der Waals surface area contributed by atoms with E-state index in [1.54, 1.807) is 31.2 Å². The van der Waals surface area contributed by atoms with Crippen LogP contribution in [-0.4, -0.2) is 16.7 Å². The van der Waals surface area contributed by atoms with E-state index >= 15 is 0 Å². The Bertz CT molecular complexity index is 464. The molecule has 4 heteroatoms. The van der Waals surface area contributed by atoms with Crippen molar-refractivity contribution in [1.82, 2.24) is 0 Å². The van der Waals surface area contributed by atoms with Gasteiger partial charge in [0.15, 0.2) is 5.78 Å². The first kappa shape index (κ1) is 12.5. The predicted molar refractivity (Wildman–Crippen MR) is 65.0 cm³/mol. The maximum atomic E-state index is 11.4. The highest BCUT2D eigenvalue weighted by atomic mass is 35.5. The van der Waals surface area contributed by atoms with Gasteiger partial charge >= 0.3 is 0 Å². The highest BCUT2D eigenvalue weighted by Crippen LogP contribution is 2.19. The van der Waals surface area contributed by atoms with Gasteiger partial charge in [0.2, 0.25) is 0 Å². The first-order chi connectivity index (χ1) is 7.56. The van der Waals surface area contributed by atoms with Crippen LogP contribution in [0, 0.1) is 0 Å². The lowest BCUT2D eigenvalue weighted by molar-refractivity contribution is -0.113. The molecule has 1 N–H and O–H groups in total. The quantitative estimate of drug-likeness (QED) is 0.380. The van der Waals surface area contributed by atoms with Crippen molar-refractivity contribution in [3.8, 4) is 0 Å². The number of benzene rings is 1. The molecular weight excluding hydrogens is 226 g/mol. The standard InChI is InChI=1S/C12H12ClNO2/c1-8(14-16)11(9(2)15)7-10-5-3-4-6-12(10)13/h3-7,16H,1-2H3/b11-7-,14-8-. The van der Waals surface area contributed by atoms with Gasteiger partial charge in [0.1, 0.15) is 0 Å². The Morgan fingerprint density at radius 3 is 2.50 bits per heavy atom. The summed E-state index contributed by atoms with van der Waals surface area (Å²) in [6.45, 7) is 2.97. The summed E-state index contributed by atoms with van der Waals surface area (Å²) in [6.07, 6.45) is 1.61. The van der Waals surface area contributed by atoms with E-state index in [4.69, 9.17) is 16.8 Å². The van der Waals surface area contributed by atoms with E-state index < -0.39 is 0 Å². The Labute approximate surface area is 99.0 Å². The van der Waals surface area contributed by atoms with Crippen LogP contribution in [-0.2, 0) is 4.79 Å². The molecule has 16 heavy (non-hydrogen) atoms. The molecular formula is C12H12ClNO2. The SMILES string of the molecule is CC(=O)C(=C\c1ccccc1Cl)/C(C)=N\O. The number of nitrogens with zero attached hydrogens (tertiary/aromatic N) is 1. The van der Waals surface area contributed by atoms with Gasteiger partial charge in [-0.1, -0.05) is 35.0 Å². The van der Waals surface area contributed by atoms with Crippen LogP contribution in [0.4, 0.5) is 0 Å². The lowest BCUT2D eigenvalue weighted by atomic mass is 10.0. The molecule has 0 heterocycles. The topological polar surface area (TPSA) is 49.7 Å². The zero-order valence-electron chi connectivity index (χ0n) is 9.07. The second-order valence-electron chi connectivity index (χ2n) is 3.32. The van der Waals surface area contributed by atoms with E-state index in [0.29, 0.717) is 10.6 Å². The van der Waals surface area contributed by atoms with Crippen LogP contribution >= 0.6 is 11.6 Å². The zero-order valence-corrected chi connectivity index (χ0v) is 9.82. The molecule has 1 rings (SSSR count). The van der Waals surface area contributed by atoms with Crippen LogP contribution < -0.4 is 0 Å². The normalized spacial score (nSPS) is 12.7. The van der Waals surface area contributed by atoms with Gasteiger partial charge < -0.3 is 5.21 Å². The molecule has 0 bridgehead atoms. The lowest BCUT2D eigenvalue weighted by Gasteiger charge is -2.03. The number of halogens is 1. The molecule has 0 saturated heterocycles. The fraction of sp³-hybridized carbons (Fsp3) is 0.167. The summed E-state index contributed by atoms with van der Waals surface area (Å²) in [5, 5.41) is 12.2. The number of rotatable bonds is 3. The summed E-state index contributed by atoms with van der Waals surface area (Å²) in [6, 6.07) is 7.15. The smallest absolute Gasteiger partial charge is 0.161 e. The minimum atomic E-state index is -0.171. The van der Waals surface area contributed by atoms with E-state index in [1.807, 2.05) is 6.07 Å². The number of carbonyl (C=O) groups is 1. The van der Waals surface area contributed by atoms with Crippen LogP contribution in [0.1, 0.15) is 19.4 Å². The minimum absolute atomic E-state index is 0.171. The third kappa shape index (κ3) is 2.94. The van der Waals surface area contributed by atoms with Crippen molar-refractivity contribution in [1.29, 1.82) is 0 Å². The molecule has 3 nitrogen and oxygen atoms in total. The third-order valence-electron chi connectivity index (χ3n) is 2.12. The predicted octanol–water partition coefficient (Wildman–Crippen LogP) is 3.16. The van der Waals surface area contributed by atoms with Gasteiger partial charge in [-0.2, -0.15) is 0 Å². The van der Waals surface area contributed by atoms with E-state index in [9.17, 15) is 4.79 Å². The number of Topliss-reactive ketones (excluding diaryl/α,β-unsaturated/α-hetero) is 1. The number of carbonyl (C=O) groups excluding carboxylic acids is 1. The molecule has 0 fully saturated rings. The van der Waals surface area contributed by atoms with Gasteiger partial charge in [-0.3, -0.25) is 4.79 Å². The molecule has 0 aliphatic heterocycles. The molecule has 0 aliphatic rings. The zero-order chi connectivity index (χ0) is 12.1. The van der Waals surface area contributed by atoms with Crippen molar-refractivity contribution in [3.63, 3.8) is 0 Å². The fourth-order valence-corrected chi connectivity index (χ4v) is 1.45. The number of oxime groups is 1. The van der Waals surface area contributed by atoms with E-state index in [2.05, 4.69) is 5.16 Å². The molecule has 1 aromatic rings. The van der Waals surface area contributed by atoms with Crippen LogP contribution in [0.25, 0.3) is 6.08 Å². The molecule has 0 amide bonds. The molecule has 0 aliphatic carbocycles. The van der Waals surface area contributed by atoms with Gasteiger partial charge in [0.05, 0.1) is 5.71 Å². The number of allylic oxidation sites excluding steroid dienone is 1. The van der Waals surface area contributed by atoms with Crippen molar-refractivity contribution in [2.45, 2.75) is 13.8 Å². The van der Waals surface area contributed by atoms with Crippen LogP contribution in [0.3, 0.4) is 0 Å². The van der Waals surface area contributed by atoms with Gasteiger partial charge in [0, 0.05) is 10.6 Å². The van der Waals surface area contributed by atoms with Crippen LogP contribution in [0.15, 0.2) is 35.0 Å². The fourth-order valence-electron chi connectivity index (χ4n) is 1.26. The van der Waals surface area contributed by atoms with Crippen molar-refractivity contribution < 1.29 is 10.0 Å². The third-order valence-corrected chi connectivity index (χ3v) is 2.47. The summed E-state index contributed by atoms with van der Waals surface area (Å²) >= 11 is 5.96. The van der Waals surface area contributed by atoms with Gasteiger partial charge in [-0.05, 0) is 31.6 Å². The van der Waals surface area contributed by atoms with Crippen LogP contribution in [0.5, 0.6) is 0 Å². The summed E-state index contributed by atoms with van der Waals surface area (Å²) in [4.78, 5) is 11.4. The van der Waals surface area contributed by atoms with E-state index in [-0.39, 0.29) is 11.5 Å². The summed E-state index contributed by atoms with van der Waals surface area (Å²) < 4.78 is 0. The summed E-state index contributed by atoms with van der Waals surface area (Å²) in [5.41, 5.74) is 1.33. The monoisotopic (exact) mass is 237 g/mol.